The highest BCUT2D eigenvalue weighted by atomic mass is 32.2. The fraction of sp³-hybridized carbons (Fsp3) is 0.357. The number of rotatable bonds is 2. The molecule has 0 aliphatic heterocycles. The molecule has 136 valence electrons. The van der Waals surface area contributed by atoms with E-state index in [9.17, 15) is 39.9 Å². The van der Waals surface area contributed by atoms with Crippen LogP contribution in [0.15, 0.2) is 18.2 Å². The first-order valence-corrected chi connectivity index (χ1v) is 8.26. The van der Waals surface area contributed by atoms with Crippen LogP contribution in [0, 0.1) is 23.2 Å². The SMILES string of the molecule is CS(=O)(=O)CC(O)(C#Cc1ccc(C#N)c(C(F)(F)F)c1)C(F)(F)F. The molecule has 0 heterocycles. The van der Waals surface area contributed by atoms with Crippen LogP contribution in [0.1, 0.15) is 16.7 Å². The zero-order valence-corrected chi connectivity index (χ0v) is 13.1. The Hall–Kier alpha value is -2.24. The molecule has 0 aliphatic rings. The summed E-state index contributed by atoms with van der Waals surface area (Å²) in [5.74, 6) is 1.18. The summed E-state index contributed by atoms with van der Waals surface area (Å²) in [6, 6.07) is 3.17. The molecule has 1 atom stereocenters. The van der Waals surface area contributed by atoms with E-state index in [1.807, 2.05) is 0 Å². The number of alkyl halides is 6. The number of nitriles is 1. The minimum atomic E-state index is -5.46. The Morgan fingerprint density at radius 1 is 1.16 bits per heavy atom. The van der Waals surface area contributed by atoms with Crippen molar-refractivity contribution < 1.29 is 39.9 Å². The normalized spacial score (nSPS) is 14.8. The van der Waals surface area contributed by atoms with Crippen LogP contribution in [0.3, 0.4) is 0 Å². The second-order valence-electron chi connectivity index (χ2n) is 5.05. The molecule has 0 spiro atoms. The van der Waals surface area contributed by atoms with Gasteiger partial charge in [0.05, 0.1) is 22.9 Å². The third-order valence-electron chi connectivity index (χ3n) is 2.80. The molecule has 0 radical (unpaired) electrons. The Kier molecular flexibility index (Phi) is 5.47. The van der Waals surface area contributed by atoms with E-state index in [0.29, 0.717) is 18.4 Å². The van der Waals surface area contributed by atoms with Gasteiger partial charge in [0.2, 0.25) is 5.60 Å². The maximum absolute atomic E-state index is 12.9. The predicted octanol–water partition coefficient (Wildman–Crippen LogP) is 2.27. The molecule has 0 amide bonds. The number of nitrogens with zero attached hydrogens (tertiary/aromatic N) is 1. The average Bonchev–Trinajstić information content (AvgIpc) is 2.41. The molecule has 4 nitrogen and oxygen atoms in total. The van der Waals surface area contributed by atoms with Gasteiger partial charge in [-0.15, -0.1) is 0 Å². The van der Waals surface area contributed by atoms with Crippen molar-refractivity contribution in [3.8, 4) is 17.9 Å². The first-order valence-electron chi connectivity index (χ1n) is 6.20. The summed E-state index contributed by atoms with van der Waals surface area (Å²) < 4.78 is 99.2. The monoisotopic (exact) mass is 385 g/mol. The van der Waals surface area contributed by atoms with Crippen LogP contribution in [0.2, 0.25) is 0 Å². The summed E-state index contributed by atoms with van der Waals surface area (Å²) in [5, 5.41) is 18.1. The van der Waals surface area contributed by atoms with Crippen molar-refractivity contribution in [2.45, 2.75) is 18.0 Å². The van der Waals surface area contributed by atoms with Crippen molar-refractivity contribution in [2.75, 3.05) is 12.0 Å². The Labute approximate surface area is 138 Å². The lowest BCUT2D eigenvalue weighted by Crippen LogP contribution is -2.49. The van der Waals surface area contributed by atoms with Crippen LogP contribution in [0.5, 0.6) is 0 Å². The Morgan fingerprint density at radius 2 is 1.72 bits per heavy atom. The van der Waals surface area contributed by atoms with Crippen LogP contribution in [0.4, 0.5) is 26.3 Å². The van der Waals surface area contributed by atoms with Gasteiger partial charge in [-0.3, -0.25) is 0 Å². The van der Waals surface area contributed by atoms with Crippen LogP contribution in [-0.4, -0.2) is 37.3 Å². The highest BCUT2D eigenvalue weighted by molar-refractivity contribution is 7.90. The molecule has 25 heavy (non-hydrogen) atoms. The van der Waals surface area contributed by atoms with Crippen LogP contribution < -0.4 is 0 Å². The lowest BCUT2D eigenvalue weighted by atomic mass is 10.0. The second-order valence-corrected chi connectivity index (χ2v) is 7.19. The fourth-order valence-electron chi connectivity index (χ4n) is 1.70. The Bertz CT molecular complexity index is 871. The average molecular weight is 385 g/mol. The van der Waals surface area contributed by atoms with Gasteiger partial charge in [-0.25, -0.2) is 8.42 Å². The van der Waals surface area contributed by atoms with Gasteiger partial charge in [0.25, 0.3) is 0 Å². The summed E-state index contributed by atoms with van der Waals surface area (Å²) in [6.45, 7) is 0. The topological polar surface area (TPSA) is 78.2 Å². The molecule has 0 saturated carbocycles. The van der Waals surface area contributed by atoms with E-state index in [2.05, 4.69) is 0 Å². The number of hydrogen-bond donors (Lipinski definition) is 1. The molecule has 11 heteroatoms. The van der Waals surface area contributed by atoms with Gasteiger partial charge in [0.1, 0.15) is 0 Å². The minimum absolute atomic E-state index is 0.336. The van der Waals surface area contributed by atoms with E-state index in [1.54, 1.807) is 5.92 Å². The van der Waals surface area contributed by atoms with Gasteiger partial charge in [-0.05, 0) is 18.2 Å². The smallest absolute Gasteiger partial charge is 0.369 e. The first kappa shape index (κ1) is 20.8. The second kappa shape index (κ2) is 6.58. The summed E-state index contributed by atoms with van der Waals surface area (Å²) in [6.07, 6.45) is -9.97. The Morgan fingerprint density at radius 3 is 2.12 bits per heavy atom. The van der Waals surface area contributed by atoms with Crippen molar-refractivity contribution in [1.82, 2.24) is 0 Å². The van der Waals surface area contributed by atoms with Gasteiger partial charge in [-0.1, -0.05) is 11.8 Å². The molecule has 0 bridgehead atoms. The summed E-state index contributed by atoms with van der Waals surface area (Å²) in [7, 11) is -4.31. The lowest BCUT2D eigenvalue weighted by molar-refractivity contribution is -0.226. The van der Waals surface area contributed by atoms with Gasteiger partial charge < -0.3 is 5.11 Å². The first-order chi connectivity index (χ1) is 11.1. The van der Waals surface area contributed by atoms with Crippen LogP contribution >= 0.6 is 0 Å². The predicted molar refractivity (Wildman–Crippen MR) is 73.8 cm³/mol. The number of halogens is 6. The largest absolute Gasteiger partial charge is 0.429 e. The molecule has 1 aromatic carbocycles. The van der Waals surface area contributed by atoms with Crippen LogP contribution in [-0.2, 0) is 16.0 Å². The number of sulfone groups is 1. The molecule has 0 fully saturated rings. The van der Waals surface area contributed by atoms with E-state index < -0.39 is 50.2 Å². The van der Waals surface area contributed by atoms with Gasteiger partial charge in [0.15, 0.2) is 9.84 Å². The maximum Gasteiger partial charge on any atom is 0.429 e. The Balaban J connectivity index is 3.45. The number of aliphatic hydroxyl groups is 1. The molecular weight excluding hydrogens is 376 g/mol. The van der Waals surface area contributed by atoms with E-state index >= 15 is 0 Å². The summed E-state index contributed by atoms with van der Waals surface area (Å²) >= 11 is 0. The van der Waals surface area contributed by atoms with Crippen LogP contribution in [0.25, 0.3) is 0 Å². The maximum atomic E-state index is 12.9. The van der Waals surface area contributed by atoms with E-state index in [4.69, 9.17) is 5.26 Å². The van der Waals surface area contributed by atoms with E-state index in [1.165, 1.54) is 12.0 Å². The molecule has 0 aliphatic carbocycles. The molecule has 0 saturated heterocycles. The quantitative estimate of drug-likeness (QED) is 0.626. The van der Waals surface area contributed by atoms with Crippen molar-refractivity contribution in [3.63, 3.8) is 0 Å². The van der Waals surface area contributed by atoms with Crippen molar-refractivity contribution in [2.24, 2.45) is 0 Å². The van der Waals surface area contributed by atoms with Crippen molar-refractivity contribution in [1.29, 1.82) is 5.26 Å². The third kappa shape index (κ3) is 5.37. The zero-order chi connectivity index (χ0) is 19.7. The molecule has 1 aromatic rings. The fourth-order valence-corrected chi connectivity index (χ4v) is 2.69. The highest BCUT2D eigenvalue weighted by Crippen LogP contribution is 2.33. The molecular formula is C14H9F6NO3S. The molecule has 1 rings (SSSR count). The van der Waals surface area contributed by atoms with Crippen molar-refractivity contribution in [3.05, 3.63) is 34.9 Å². The lowest BCUT2D eigenvalue weighted by Gasteiger charge is -2.24. The molecule has 1 N–H and O–H groups in total. The van der Waals surface area contributed by atoms with Gasteiger partial charge >= 0.3 is 12.4 Å². The van der Waals surface area contributed by atoms with Gasteiger partial charge in [0, 0.05) is 11.8 Å². The molecule has 1 unspecified atom stereocenters. The standard InChI is InChI=1S/C14H9F6NO3S/c1-25(23,24)8-12(22,14(18,19)20)5-4-9-2-3-10(7-21)11(6-9)13(15,16)17/h2-3,6,22H,8H2,1H3. The van der Waals surface area contributed by atoms with E-state index in [-0.39, 0.29) is 0 Å². The van der Waals surface area contributed by atoms with Crippen molar-refractivity contribution >= 4 is 9.84 Å². The number of benzene rings is 1. The van der Waals surface area contributed by atoms with Gasteiger partial charge in [-0.2, -0.15) is 31.6 Å². The summed E-state index contributed by atoms with van der Waals surface area (Å²) in [5.41, 5.74) is -6.71. The molecule has 0 aromatic heterocycles. The highest BCUT2D eigenvalue weighted by Gasteiger charge is 2.54. The van der Waals surface area contributed by atoms with E-state index in [0.717, 1.165) is 6.07 Å². The third-order valence-corrected chi connectivity index (χ3v) is 3.74. The minimum Gasteiger partial charge on any atom is -0.369 e. The summed E-state index contributed by atoms with van der Waals surface area (Å²) in [4.78, 5) is 0. The number of hydrogen-bond acceptors (Lipinski definition) is 4. The zero-order valence-electron chi connectivity index (χ0n) is 12.3.